The van der Waals surface area contributed by atoms with Gasteiger partial charge in [0, 0.05) is 54.9 Å². The van der Waals surface area contributed by atoms with Crippen LogP contribution in [0.1, 0.15) is 23.2 Å². The average molecular weight is 372 g/mol. The van der Waals surface area contributed by atoms with Crippen LogP contribution in [0.2, 0.25) is 0 Å². The van der Waals surface area contributed by atoms with Crippen molar-refractivity contribution >= 4 is 23.6 Å². The number of piperidine rings is 1. The monoisotopic (exact) mass is 371 g/mol. The molecule has 0 saturated carbocycles. The molecular weight excluding hydrogens is 346 g/mol. The van der Waals surface area contributed by atoms with Crippen molar-refractivity contribution in [2.45, 2.75) is 18.9 Å². The lowest BCUT2D eigenvalue weighted by Crippen LogP contribution is -2.45. The van der Waals surface area contributed by atoms with Crippen LogP contribution in [-0.2, 0) is 0 Å². The summed E-state index contributed by atoms with van der Waals surface area (Å²) in [5, 5.41) is 3.17. The topological polar surface area (TPSA) is 84.1 Å². The van der Waals surface area contributed by atoms with Gasteiger partial charge in [0.1, 0.15) is 0 Å². The molecule has 6 nitrogen and oxygen atoms in total. The molecule has 0 radical (unpaired) electrons. The third kappa shape index (κ3) is 4.95. The molecule has 26 heavy (non-hydrogen) atoms. The molecule has 7 heteroatoms. The lowest BCUT2D eigenvalue weighted by molar-refractivity contribution is 0.0913. The molecule has 138 valence electrons. The fourth-order valence-corrected chi connectivity index (χ4v) is 3.53. The molecule has 3 rings (SSSR count). The Morgan fingerprint density at radius 3 is 2.46 bits per heavy atom. The number of nitrogens with one attached hydrogen (secondary N) is 1. The number of aromatic nitrogens is 2. The van der Waals surface area contributed by atoms with Crippen LogP contribution in [0, 0.1) is 0 Å². The minimum absolute atomic E-state index is 0.00679. The number of carbonyl (C=O) groups excluding carboxylic acids is 1. The third-order valence-corrected chi connectivity index (χ3v) is 5.28. The number of likely N-dealkylation sites (tertiary alicyclic amines) is 1. The zero-order valence-corrected chi connectivity index (χ0v) is 15.8. The number of thioether (sulfide) groups is 1. The zero-order valence-electron chi connectivity index (χ0n) is 15.0. The van der Waals surface area contributed by atoms with Crippen LogP contribution in [0.4, 0.5) is 5.95 Å². The van der Waals surface area contributed by atoms with Crippen LogP contribution in [0.5, 0.6) is 0 Å². The quantitative estimate of drug-likeness (QED) is 0.810. The number of nitrogens with zero attached hydrogens (tertiary/aromatic N) is 3. The van der Waals surface area contributed by atoms with Crippen molar-refractivity contribution in [1.82, 2.24) is 20.2 Å². The number of anilines is 1. The Bertz CT molecular complexity index is 712. The van der Waals surface area contributed by atoms with Gasteiger partial charge in [-0.2, -0.15) is 11.8 Å². The molecule has 0 spiro atoms. The minimum Gasteiger partial charge on any atom is -0.368 e. The van der Waals surface area contributed by atoms with E-state index in [0.717, 1.165) is 43.6 Å². The van der Waals surface area contributed by atoms with Crippen molar-refractivity contribution < 1.29 is 4.79 Å². The van der Waals surface area contributed by atoms with Gasteiger partial charge in [0.2, 0.25) is 5.95 Å². The second kappa shape index (κ2) is 9.00. The summed E-state index contributed by atoms with van der Waals surface area (Å²) in [5.41, 5.74) is 8.03. The molecule has 1 aliphatic heterocycles. The molecule has 2 heterocycles. The summed E-state index contributed by atoms with van der Waals surface area (Å²) in [6.07, 6.45) is 7.53. The maximum atomic E-state index is 12.5. The SMILES string of the molecule is CSCCN1CCC(NC(=O)c2ccc(-c3cnc(N)nc3)cc2)CC1. The van der Waals surface area contributed by atoms with Gasteiger partial charge in [0.05, 0.1) is 0 Å². The van der Waals surface area contributed by atoms with E-state index >= 15 is 0 Å². The molecule has 1 fully saturated rings. The molecule has 1 amide bonds. The zero-order chi connectivity index (χ0) is 18.4. The van der Waals surface area contributed by atoms with Gasteiger partial charge in [-0.3, -0.25) is 4.79 Å². The Morgan fingerprint density at radius 2 is 1.85 bits per heavy atom. The lowest BCUT2D eigenvalue weighted by Gasteiger charge is -2.32. The van der Waals surface area contributed by atoms with Crippen molar-refractivity contribution in [2.75, 3.05) is 37.4 Å². The number of nitrogen functional groups attached to an aromatic ring is 1. The highest BCUT2D eigenvalue weighted by Gasteiger charge is 2.20. The van der Waals surface area contributed by atoms with Gasteiger partial charge >= 0.3 is 0 Å². The smallest absolute Gasteiger partial charge is 0.251 e. The van der Waals surface area contributed by atoms with Crippen LogP contribution in [0.25, 0.3) is 11.1 Å². The maximum Gasteiger partial charge on any atom is 0.251 e. The van der Waals surface area contributed by atoms with Gasteiger partial charge in [-0.15, -0.1) is 0 Å². The minimum atomic E-state index is -0.00679. The second-order valence-corrected chi connectivity index (χ2v) is 7.48. The summed E-state index contributed by atoms with van der Waals surface area (Å²) < 4.78 is 0. The van der Waals surface area contributed by atoms with E-state index in [1.807, 2.05) is 36.0 Å². The number of amides is 1. The first-order chi connectivity index (χ1) is 12.7. The van der Waals surface area contributed by atoms with E-state index in [9.17, 15) is 4.79 Å². The predicted molar refractivity (Wildman–Crippen MR) is 107 cm³/mol. The molecule has 2 aromatic rings. The fourth-order valence-electron chi connectivity index (χ4n) is 3.09. The molecule has 0 aliphatic carbocycles. The van der Waals surface area contributed by atoms with E-state index in [2.05, 4.69) is 26.4 Å². The van der Waals surface area contributed by atoms with Crippen molar-refractivity contribution in [2.24, 2.45) is 0 Å². The largest absolute Gasteiger partial charge is 0.368 e. The summed E-state index contributed by atoms with van der Waals surface area (Å²) in [7, 11) is 0. The molecule has 1 aromatic carbocycles. The summed E-state index contributed by atoms with van der Waals surface area (Å²) in [6, 6.07) is 7.77. The van der Waals surface area contributed by atoms with Gasteiger partial charge in [0.15, 0.2) is 0 Å². The van der Waals surface area contributed by atoms with Gasteiger partial charge in [-0.25, -0.2) is 9.97 Å². The Kier molecular flexibility index (Phi) is 6.46. The standard InChI is InChI=1S/C19H25N5OS/c1-26-11-10-24-8-6-17(7-9-24)23-18(25)15-4-2-14(3-5-15)16-12-21-19(20)22-13-16/h2-5,12-13,17H,6-11H2,1H3,(H,23,25)(H2,20,21,22). The van der Waals surface area contributed by atoms with Crippen LogP contribution in [-0.4, -0.2) is 58.5 Å². The predicted octanol–water partition coefficient (Wildman–Crippen LogP) is 2.28. The molecule has 1 aromatic heterocycles. The number of carbonyl (C=O) groups is 1. The first-order valence-corrected chi connectivity index (χ1v) is 10.2. The summed E-state index contributed by atoms with van der Waals surface area (Å²) in [4.78, 5) is 23.0. The molecule has 1 aliphatic rings. The number of nitrogens with two attached hydrogens (primary N) is 1. The fraction of sp³-hybridized carbons (Fsp3) is 0.421. The van der Waals surface area contributed by atoms with E-state index in [4.69, 9.17) is 5.73 Å². The Hall–Kier alpha value is -2.12. The number of hydrogen-bond donors (Lipinski definition) is 2. The van der Waals surface area contributed by atoms with E-state index in [0.29, 0.717) is 5.56 Å². The molecule has 0 atom stereocenters. The van der Waals surface area contributed by atoms with Gasteiger partial charge in [-0.05, 0) is 36.8 Å². The first-order valence-electron chi connectivity index (χ1n) is 8.86. The summed E-state index contributed by atoms with van der Waals surface area (Å²) in [5.74, 6) is 1.42. The third-order valence-electron chi connectivity index (χ3n) is 4.69. The molecule has 0 bridgehead atoms. The molecular formula is C19H25N5OS. The Morgan fingerprint density at radius 1 is 1.19 bits per heavy atom. The number of rotatable bonds is 6. The summed E-state index contributed by atoms with van der Waals surface area (Å²) >= 11 is 1.88. The second-order valence-electron chi connectivity index (χ2n) is 6.49. The van der Waals surface area contributed by atoms with Gasteiger partial charge < -0.3 is 16.0 Å². The first kappa shape index (κ1) is 18.7. The van der Waals surface area contributed by atoms with Gasteiger partial charge in [-0.1, -0.05) is 12.1 Å². The Labute approximate surface area is 158 Å². The van der Waals surface area contributed by atoms with E-state index in [1.165, 1.54) is 5.75 Å². The molecule has 3 N–H and O–H groups in total. The van der Waals surface area contributed by atoms with Crippen LogP contribution in [0.3, 0.4) is 0 Å². The lowest BCUT2D eigenvalue weighted by atomic mass is 10.0. The molecule has 0 unspecified atom stereocenters. The highest BCUT2D eigenvalue weighted by Crippen LogP contribution is 2.19. The normalized spacial score (nSPS) is 15.7. The van der Waals surface area contributed by atoms with E-state index in [1.54, 1.807) is 12.4 Å². The van der Waals surface area contributed by atoms with E-state index in [-0.39, 0.29) is 17.9 Å². The van der Waals surface area contributed by atoms with Crippen molar-refractivity contribution in [1.29, 1.82) is 0 Å². The average Bonchev–Trinajstić information content (AvgIpc) is 2.68. The van der Waals surface area contributed by atoms with Crippen molar-refractivity contribution in [3.8, 4) is 11.1 Å². The summed E-state index contributed by atoms with van der Waals surface area (Å²) in [6.45, 7) is 3.25. The maximum absolute atomic E-state index is 12.5. The molecule has 1 saturated heterocycles. The van der Waals surface area contributed by atoms with Crippen molar-refractivity contribution in [3.63, 3.8) is 0 Å². The van der Waals surface area contributed by atoms with Crippen LogP contribution in [0.15, 0.2) is 36.7 Å². The number of benzene rings is 1. The highest BCUT2D eigenvalue weighted by atomic mass is 32.2. The number of hydrogen-bond acceptors (Lipinski definition) is 6. The van der Waals surface area contributed by atoms with Gasteiger partial charge in [0.25, 0.3) is 5.91 Å². The van der Waals surface area contributed by atoms with E-state index < -0.39 is 0 Å². The Balaban J connectivity index is 1.53. The van der Waals surface area contributed by atoms with Crippen LogP contribution >= 0.6 is 11.8 Å². The van der Waals surface area contributed by atoms with Crippen LogP contribution < -0.4 is 11.1 Å². The highest BCUT2D eigenvalue weighted by molar-refractivity contribution is 7.98. The van der Waals surface area contributed by atoms with Crippen molar-refractivity contribution in [3.05, 3.63) is 42.2 Å².